The molecule has 0 aromatic rings. The van der Waals surface area contributed by atoms with Gasteiger partial charge in [-0.15, -0.1) is 0 Å². The number of rotatable bonds is 2. The van der Waals surface area contributed by atoms with Gasteiger partial charge in [-0.25, -0.2) is 0 Å². The van der Waals surface area contributed by atoms with E-state index in [0.29, 0.717) is 12.0 Å². The van der Waals surface area contributed by atoms with Crippen molar-refractivity contribution in [3.8, 4) is 0 Å². The highest BCUT2D eigenvalue weighted by atomic mass is 16.3. The van der Waals surface area contributed by atoms with Crippen LogP contribution in [0, 0.1) is 5.92 Å². The molecule has 0 aromatic heterocycles. The highest BCUT2D eigenvalue weighted by Crippen LogP contribution is 2.27. The van der Waals surface area contributed by atoms with Crippen LogP contribution in [0.1, 0.15) is 45.4 Å². The summed E-state index contributed by atoms with van der Waals surface area (Å²) < 4.78 is 0. The lowest BCUT2D eigenvalue weighted by atomic mass is 9.98. The molecule has 3 unspecified atom stereocenters. The van der Waals surface area contributed by atoms with Crippen molar-refractivity contribution < 1.29 is 5.11 Å². The van der Waals surface area contributed by atoms with E-state index in [1.165, 1.54) is 19.3 Å². The second kappa shape index (κ2) is 5.03. The number of likely N-dealkylation sites (tertiary alicyclic amines) is 1. The van der Waals surface area contributed by atoms with E-state index in [4.69, 9.17) is 5.73 Å². The molecule has 2 rings (SSSR count). The van der Waals surface area contributed by atoms with Gasteiger partial charge in [0.2, 0.25) is 0 Å². The van der Waals surface area contributed by atoms with Crippen LogP contribution < -0.4 is 5.73 Å². The molecule has 1 saturated heterocycles. The Kier molecular flexibility index (Phi) is 3.88. The summed E-state index contributed by atoms with van der Waals surface area (Å²) in [6, 6.07) is 0.420. The second-order valence-electron chi connectivity index (χ2n) is 6.01. The molecule has 1 aliphatic heterocycles. The highest BCUT2D eigenvalue weighted by Gasteiger charge is 2.29. The van der Waals surface area contributed by atoms with Gasteiger partial charge < -0.3 is 15.7 Å². The van der Waals surface area contributed by atoms with Gasteiger partial charge in [0, 0.05) is 19.1 Å². The molecule has 2 aliphatic rings. The van der Waals surface area contributed by atoms with Gasteiger partial charge >= 0.3 is 0 Å². The Hall–Kier alpha value is -0.120. The van der Waals surface area contributed by atoms with Crippen LogP contribution in [0.25, 0.3) is 0 Å². The SMILES string of the molecule is CC1(O)CCCN(CC2CCCC2N)CC1. The van der Waals surface area contributed by atoms with Crippen LogP contribution >= 0.6 is 0 Å². The zero-order valence-corrected chi connectivity index (χ0v) is 10.5. The van der Waals surface area contributed by atoms with E-state index >= 15 is 0 Å². The molecular weight excluding hydrogens is 200 g/mol. The Labute approximate surface area is 99.0 Å². The minimum atomic E-state index is -0.438. The van der Waals surface area contributed by atoms with E-state index in [2.05, 4.69) is 4.90 Å². The van der Waals surface area contributed by atoms with Crippen LogP contribution in [-0.4, -0.2) is 41.3 Å². The van der Waals surface area contributed by atoms with Crippen molar-refractivity contribution >= 4 is 0 Å². The molecule has 16 heavy (non-hydrogen) atoms. The van der Waals surface area contributed by atoms with Crippen LogP contribution in [-0.2, 0) is 0 Å². The first-order chi connectivity index (χ1) is 7.57. The average Bonchev–Trinajstić information content (AvgIpc) is 2.52. The lowest BCUT2D eigenvalue weighted by Gasteiger charge is -2.26. The molecule has 3 atom stereocenters. The molecule has 0 radical (unpaired) electrons. The van der Waals surface area contributed by atoms with Crippen LogP contribution in [0.5, 0.6) is 0 Å². The minimum Gasteiger partial charge on any atom is -0.390 e. The summed E-state index contributed by atoms with van der Waals surface area (Å²) in [7, 11) is 0. The van der Waals surface area contributed by atoms with Crippen molar-refractivity contribution in [2.45, 2.75) is 57.1 Å². The first-order valence-electron chi connectivity index (χ1n) is 6.77. The molecule has 3 nitrogen and oxygen atoms in total. The summed E-state index contributed by atoms with van der Waals surface area (Å²) in [5.74, 6) is 0.697. The Morgan fingerprint density at radius 1 is 1.25 bits per heavy atom. The van der Waals surface area contributed by atoms with Gasteiger partial charge in [0.25, 0.3) is 0 Å². The van der Waals surface area contributed by atoms with E-state index in [1.807, 2.05) is 6.92 Å². The molecular formula is C13H26N2O. The van der Waals surface area contributed by atoms with Gasteiger partial charge in [-0.05, 0) is 51.5 Å². The lowest BCUT2D eigenvalue weighted by Crippen LogP contribution is -2.37. The number of nitrogens with zero attached hydrogens (tertiary/aromatic N) is 1. The van der Waals surface area contributed by atoms with E-state index in [-0.39, 0.29) is 0 Å². The molecule has 1 aliphatic carbocycles. The predicted octanol–water partition coefficient (Wildman–Crippen LogP) is 1.35. The van der Waals surface area contributed by atoms with Crippen LogP contribution in [0.3, 0.4) is 0 Å². The summed E-state index contributed by atoms with van der Waals surface area (Å²) in [6.07, 6.45) is 6.78. The maximum absolute atomic E-state index is 10.0. The third-order valence-electron chi connectivity index (χ3n) is 4.37. The molecule has 3 N–H and O–H groups in total. The zero-order chi connectivity index (χ0) is 11.6. The fraction of sp³-hybridized carbons (Fsp3) is 1.00. The number of hydrogen-bond donors (Lipinski definition) is 2. The number of hydrogen-bond acceptors (Lipinski definition) is 3. The molecule has 0 spiro atoms. The summed E-state index contributed by atoms with van der Waals surface area (Å²) in [4.78, 5) is 2.51. The van der Waals surface area contributed by atoms with Crippen LogP contribution in [0.15, 0.2) is 0 Å². The van der Waals surface area contributed by atoms with E-state index < -0.39 is 5.60 Å². The Morgan fingerprint density at radius 2 is 2.06 bits per heavy atom. The second-order valence-corrected chi connectivity index (χ2v) is 6.01. The van der Waals surface area contributed by atoms with Crippen molar-refractivity contribution in [2.75, 3.05) is 19.6 Å². The number of aliphatic hydroxyl groups is 1. The molecule has 94 valence electrons. The van der Waals surface area contributed by atoms with Crippen molar-refractivity contribution in [2.24, 2.45) is 11.7 Å². The lowest BCUT2D eigenvalue weighted by molar-refractivity contribution is 0.0441. The fourth-order valence-electron chi connectivity index (χ4n) is 3.13. The summed E-state index contributed by atoms with van der Waals surface area (Å²) in [5.41, 5.74) is 5.67. The zero-order valence-electron chi connectivity index (χ0n) is 10.5. The monoisotopic (exact) mass is 226 g/mol. The van der Waals surface area contributed by atoms with Gasteiger partial charge in [0.05, 0.1) is 5.60 Å². The Bertz CT molecular complexity index is 230. The Morgan fingerprint density at radius 3 is 2.75 bits per heavy atom. The standard InChI is InChI=1S/C13H26N2O/c1-13(16)6-3-8-15(9-7-13)10-11-4-2-5-12(11)14/h11-12,16H,2-10,14H2,1H3. The highest BCUT2D eigenvalue weighted by molar-refractivity contribution is 4.85. The van der Waals surface area contributed by atoms with Gasteiger partial charge in [0.15, 0.2) is 0 Å². The van der Waals surface area contributed by atoms with E-state index in [0.717, 1.165) is 38.9 Å². The van der Waals surface area contributed by atoms with Crippen LogP contribution in [0.2, 0.25) is 0 Å². The quantitative estimate of drug-likeness (QED) is 0.747. The maximum atomic E-state index is 10.0. The van der Waals surface area contributed by atoms with Crippen molar-refractivity contribution in [3.63, 3.8) is 0 Å². The maximum Gasteiger partial charge on any atom is 0.0632 e. The molecule has 0 amide bonds. The first kappa shape index (κ1) is 12.3. The average molecular weight is 226 g/mol. The molecule has 2 fully saturated rings. The largest absolute Gasteiger partial charge is 0.390 e. The summed E-state index contributed by atoms with van der Waals surface area (Å²) in [6.45, 7) is 5.30. The fourth-order valence-corrected chi connectivity index (χ4v) is 3.13. The van der Waals surface area contributed by atoms with Gasteiger partial charge in [-0.1, -0.05) is 6.42 Å². The molecule has 3 heteroatoms. The smallest absolute Gasteiger partial charge is 0.0632 e. The van der Waals surface area contributed by atoms with Crippen LogP contribution in [0.4, 0.5) is 0 Å². The molecule has 1 heterocycles. The van der Waals surface area contributed by atoms with E-state index in [9.17, 15) is 5.11 Å². The van der Waals surface area contributed by atoms with Gasteiger partial charge in [-0.3, -0.25) is 0 Å². The Balaban J connectivity index is 1.81. The minimum absolute atomic E-state index is 0.420. The molecule has 0 aromatic carbocycles. The normalized spacial score (nSPS) is 42.2. The van der Waals surface area contributed by atoms with E-state index in [1.54, 1.807) is 0 Å². The predicted molar refractivity (Wildman–Crippen MR) is 66.2 cm³/mol. The third-order valence-corrected chi connectivity index (χ3v) is 4.37. The van der Waals surface area contributed by atoms with Gasteiger partial charge in [-0.2, -0.15) is 0 Å². The number of nitrogens with two attached hydrogens (primary N) is 1. The summed E-state index contributed by atoms with van der Waals surface area (Å²) in [5, 5.41) is 10.0. The van der Waals surface area contributed by atoms with Crippen molar-refractivity contribution in [1.82, 2.24) is 4.90 Å². The third kappa shape index (κ3) is 3.19. The topological polar surface area (TPSA) is 49.5 Å². The molecule has 1 saturated carbocycles. The van der Waals surface area contributed by atoms with Crippen molar-refractivity contribution in [1.29, 1.82) is 0 Å². The van der Waals surface area contributed by atoms with Gasteiger partial charge in [0.1, 0.15) is 0 Å². The first-order valence-corrected chi connectivity index (χ1v) is 6.77. The summed E-state index contributed by atoms with van der Waals surface area (Å²) >= 11 is 0. The molecule has 0 bridgehead atoms. The van der Waals surface area contributed by atoms with Crippen molar-refractivity contribution in [3.05, 3.63) is 0 Å².